The van der Waals surface area contributed by atoms with E-state index in [0.717, 1.165) is 12.8 Å². The molecule has 0 bridgehead atoms. The van der Waals surface area contributed by atoms with Crippen LogP contribution in [0.2, 0.25) is 0 Å². The largest absolute Gasteiger partial charge is 0.493 e. The van der Waals surface area contributed by atoms with Crippen LogP contribution in [-0.2, 0) is 15.9 Å². The Morgan fingerprint density at radius 3 is 2.71 bits per heavy atom. The number of aliphatic hydroxyl groups excluding tert-OH is 1. The van der Waals surface area contributed by atoms with Gasteiger partial charge in [0.05, 0.1) is 44.7 Å². The summed E-state index contributed by atoms with van der Waals surface area (Å²) in [6.07, 6.45) is 1.20. The summed E-state index contributed by atoms with van der Waals surface area (Å²) in [4.78, 5) is 0. The first-order chi connectivity index (χ1) is 14.7. The molecule has 0 radical (unpaired) electrons. The highest BCUT2D eigenvalue weighted by molar-refractivity contribution is 5.30. The van der Waals surface area contributed by atoms with Crippen LogP contribution in [0.4, 0.5) is 8.78 Å². The monoisotopic (exact) mass is 442 g/mol. The van der Waals surface area contributed by atoms with E-state index in [9.17, 15) is 13.9 Å². The van der Waals surface area contributed by atoms with Crippen molar-refractivity contribution < 1.29 is 28.1 Å². The maximum Gasteiger partial charge on any atom is 0.172 e. The van der Waals surface area contributed by atoms with Crippen LogP contribution < -0.4 is 15.8 Å². The minimum atomic E-state index is -0.898. The smallest absolute Gasteiger partial charge is 0.172 e. The van der Waals surface area contributed by atoms with Gasteiger partial charge in [-0.15, -0.1) is 0 Å². The number of benzene rings is 1. The van der Waals surface area contributed by atoms with E-state index in [1.807, 2.05) is 6.92 Å². The molecule has 8 heteroatoms. The van der Waals surface area contributed by atoms with Gasteiger partial charge in [0.2, 0.25) is 0 Å². The second kappa shape index (κ2) is 10.5. The minimum Gasteiger partial charge on any atom is -0.493 e. The first-order valence-electron chi connectivity index (χ1n) is 11.1. The van der Waals surface area contributed by atoms with Gasteiger partial charge in [-0.2, -0.15) is 0 Å². The van der Waals surface area contributed by atoms with Crippen molar-refractivity contribution >= 4 is 0 Å². The van der Waals surface area contributed by atoms with Crippen LogP contribution in [0, 0.1) is 17.2 Å². The SMILES string of the molecule is C[C@@H]1N[C@@H]([C@@H](O)[C@@H](N)Cc2cc(F)cc(OCC3CC3)c2)CO[C@H]1OCC(C)(C)CF. The predicted molar refractivity (Wildman–Crippen MR) is 114 cm³/mol. The molecule has 1 aliphatic carbocycles. The Bertz CT molecular complexity index is 717. The molecule has 5 atom stereocenters. The molecule has 1 aromatic carbocycles. The van der Waals surface area contributed by atoms with Crippen molar-refractivity contribution in [3.05, 3.63) is 29.6 Å². The van der Waals surface area contributed by atoms with Crippen LogP contribution in [0.1, 0.15) is 39.2 Å². The molecular formula is C23H36F2N2O4. The zero-order chi connectivity index (χ0) is 22.6. The molecule has 1 saturated carbocycles. The van der Waals surface area contributed by atoms with Gasteiger partial charge < -0.3 is 30.4 Å². The Morgan fingerprint density at radius 1 is 1.32 bits per heavy atom. The Morgan fingerprint density at radius 2 is 2.06 bits per heavy atom. The molecule has 0 amide bonds. The highest BCUT2D eigenvalue weighted by Crippen LogP contribution is 2.30. The number of hydrogen-bond acceptors (Lipinski definition) is 6. The van der Waals surface area contributed by atoms with E-state index in [2.05, 4.69) is 5.32 Å². The summed E-state index contributed by atoms with van der Waals surface area (Å²) in [6, 6.07) is 3.36. The number of morpholine rings is 1. The van der Waals surface area contributed by atoms with E-state index in [4.69, 9.17) is 19.9 Å². The highest BCUT2D eigenvalue weighted by Gasteiger charge is 2.35. The summed E-state index contributed by atoms with van der Waals surface area (Å²) in [6.45, 7) is 6.02. The highest BCUT2D eigenvalue weighted by atomic mass is 19.1. The van der Waals surface area contributed by atoms with Crippen LogP contribution in [-0.4, -0.2) is 62.1 Å². The lowest BCUT2D eigenvalue weighted by atomic mass is 9.95. The molecule has 176 valence electrons. The molecule has 2 aliphatic rings. The second-order valence-corrected chi connectivity index (χ2v) is 9.78. The van der Waals surface area contributed by atoms with Gasteiger partial charge in [0.15, 0.2) is 6.29 Å². The van der Waals surface area contributed by atoms with Gasteiger partial charge in [-0.1, -0.05) is 13.8 Å². The van der Waals surface area contributed by atoms with Crippen LogP contribution in [0.15, 0.2) is 18.2 Å². The number of hydrogen-bond donors (Lipinski definition) is 3. The summed E-state index contributed by atoms with van der Waals surface area (Å²) in [5.74, 6) is 0.687. The summed E-state index contributed by atoms with van der Waals surface area (Å²) < 4.78 is 44.1. The van der Waals surface area contributed by atoms with Crippen molar-refractivity contribution in [3.8, 4) is 5.75 Å². The van der Waals surface area contributed by atoms with E-state index >= 15 is 0 Å². The average molecular weight is 443 g/mol. The number of aliphatic hydroxyl groups is 1. The van der Waals surface area contributed by atoms with E-state index in [-0.39, 0.29) is 25.1 Å². The van der Waals surface area contributed by atoms with Gasteiger partial charge in [0, 0.05) is 17.5 Å². The summed E-state index contributed by atoms with van der Waals surface area (Å²) in [7, 11) is 0. The van der Waals surface area contributed by atoms with Crippen molar-refractivity contribution in [2.24, 2.45) is 17.1 Å². The number of ether oxygens (including phenoxy) is 3. The first-order valence-corrected chi connectivity index (χ1v) is 11.1. The zero-order valence-corrected chi connectivity index (χ0v) is 18.7. The number of halogens is 2. The van der Waals surface area contributed by atoms with Gasteiger partial charge in [-0.25, -0.2) is 4.39 Å². The van der Waals surface area contributed by atoms with Crippen molar-refractivity contribution in [1.82, 2.24) is 5.32 Å². The molecule has 0 unspecified atom stereocenters. The third-order valence-electron chi connectivity index (χ3n) is 5.76. The molecule has 1 aromatic rings. The molecule has 4 N–H and O–H groups in total. The maximum absolute atomic E-state index is 14.0. The second-order valence-electron chi connectivity index (χ2n) is 9.78. The molecule has 3 rings (SSSR count). The van der Waals surface area contributed by atoms with Gasteiger partial charge in [0.25, 0.3) is 0 Å². The Kier molecular flexibility index (Phi) is 8.26. The van der Waals surface area contributed by atoms with Gasteiger partial charge in [-0.3, -0.25) is 4.39 Å². The van der Waals surface area contributed by atoms with Crippen molar-refractivity contribution in [2.75, 3.05) is 26.5 Å². The van der Waals surface area contributed by atoms with Crippen LogP contribution in [0.5, 0.6) is 5.75 Å². The van der Waals surface area contributed by atoms with Gasteiger partial charge in [0.1, 0.15) is 11.6 Å². The number of alkyl halides is 1. The van der Waals surface area contributed by atoms with Crippen LogP contribution in [0.3, 0.4) is 0 Å². The molecule has 0 spiro atoms. The van der Waals surface area contributed by atoms with E-state index < -0.39 is 36.6 Å². The van der Waals surface area contributed by atoms with Crippen LogP contribution in [0.25, 0.3) is 0 Å². The normalized spacial score (nSPS) is 26.5. The Hall–Kier alpha value is -1.32. The standard InChI is InChI=1S/C23H36F2N2O4/c1-14-22(31-13-23(2,3)12-24)30-11-20(27-14)21(28)19(26)8-16-6-17(25)9-18(7-16)29-10-15-4-5-15/h6-7,9,14-15,19-22,27-28H,4-5,8,10-13,26H2,1-3H3/t14-,19-,20+,21-,22-/m0/s1. The minimum absolute atomic E-state index is 0.201. The topological polar surface area (TPSA) is 86.0 Å². The molecule has 31 heavy (non-hydrogen) atoms. The molecule has 6 nitrogen and oxygen atoms in total. The average Bonchev–Trinajstić information content (AvgIpc) is 3.55. The fourth-order valence-corrected chi connectivity index (χ4v) is 3.55. The van der Waals surface area contributed by atoms with Crippen molar-refractivity contribution in [2.45, 2.75) is 70.6 Å². The fraction of sp³-hybridized carbons (Fsp3) is 0.739. The van der Waals surface area contributed by atoms with E-state index in [1.54, 1.807) is 19.9 Å². The van der Waals surface area contributed by atoms with E-state index in [0.29, 0.717) is 30.3 Å². The third kappa shape index (κ3) is 7.36. The van der Waals surface area contributed by atoms with Crippen LogP contribution >= 0.6 is 0 Å². The summed E-state index contributed by atoms with van der Waals surface area (Å²) in [5, 5.41) is 14.0. The molecule has 0 aromatic heterocycles. The predicted octanol–water partition coefficient (Wildman–Crippen LogP) is 2.56. The van der Waals surface area contributed by atoms with Gasteiger partial charge >= 0.3 is 0 Å². The lowest BCUT2D eigenvalue weighted by Gasteiger charge is -2.39. The fourth-order valence-electron chi connectivity index (χ4n) is 3.55. The molecule has 1 heterocycles. The molecule has 2 fully saturated rings. The molecule has 1 aliphatic heterocycles. The summed E-state index contributed by atoms with van der Waals surface area (Å²) >= 11 is 0. The third-order valence-corrected chi connectivity index (χ3v) is 5.76. The number of nitrogens with two attached hydrogens (primary N) is 1. The quantitative estimate of drug-likeness (QED) is 0.488. The molecule has 1 saturated heterocycles. The number of nitrogens with one attached hydrogen (secondary N) is 1. The zero-order valence-electron chi connectivity index (χ0n) is 18.7. The molecular weight excluding hydrogens is 406 g/mol. The first kappa shape index (κ1) is 24.3. The lowest BCUT2D eigenvalue weighted by molar-refractivity contribution is -0.202. The number of rotatable bonds is 11. The Balaban J connectivity index is 1.50. The van der Waals surface area contributed by atoms with Gasteiger partial charge in [-0.05, 0) is 49.8 Å². The lowest BCUT2D eigenvalue weighted by Crippen LogP contribution is -2.61. The maximum atomic E-state index is 14.0. The van der Waals surface area contributed by atoms with E-state index in [1.165, 1.54) is 12.1 Å². The Labute approximate surface area is 183 Å². The van der Waals surface area contributed by atoms with Crippen molar-refractivity contribution in [3.63, 3.8) is 0 Å². The summed E-state index contributed by atoms with van der Waals surface area (Å²) in [5.41, 5.74) is 6.35. The van der Waals surface area contributed by atoms with Crippen molar-refractivity contribution in [1.29, 1.82) is 0 Å².